The lowest BCUT2D eigenvalue weighted by atomic mass is 10.0. The van der Waals surface area contributed by atoms with Gasteiger partial charge in [-0.1, -0.05) is 30.3 Å². The first-order valence-electron chi connectivity index (χ1n) is 10.0. The van der Waals surface area contributed by atoms with Crippen LogP contribution in [0.2, 0.25) is 0 Å². The van der Waals surface area contributed by atoms with E-state index in [-0.39, 0.29) is 19.4 Å². The Morgan fingerprint density at radius 3 is 2.16 bits per heavy atom. The van der Waals surface area contributed by atoms with Crippen molar-refractivity contribution in [2.75, 3.05) is 6.61 Å². The van der Waals surface area contributed by atoms with Crippen molar-refractivity contribution in [3.8, 4) is 0 Å². The summed E-state index contributed by atoms with van der Waals surface area (Å²) in [5, 5.41) is 5.15. The molecule has 0 unspecified atom stereocenters. The van der Waals surface area contributed by atoms with Gasteiger partial charge in [0.1, 0.15) is 17.7 Å². The number of benzene rings is 1. The summed E-state index contributed by atoms with van der Waals surface area (Å²) in [7, 11) is 0. The fourth-order valence-electron chi connectivity index (χ4n) is 2.69. The Hall–Kier alpha value is -3.30. The first kappa shape index (κ1) is 25.7. The summed E-state index contributed by atoms with van der Waals surface area (Å²) in [6, 6.07) is 7.20. The molecule has 0 spiro atoms. The van der Waals surface area contributed by atoms with Gasteiger partial charge in [-0.15, -0.1) is 0 Å². The van der Waals surface area contributed by atoms with Crippen molar-refractivity contribution in [3.05, 3.63) is 35.9 Å². The number of nitrogens with one attached hydrogen (secondary N) is 2. The van der Waals surface area contributed by atoms with Gasteiger partial charge in [-0.05, 0) is 45.6 Å². The number of ether oxygens (including phenoxy) is 2. The molecule has 0 radical (unpaired) electrons. The van der Waals surface area contributed by atoms with Gasteiger partial charge in [0.2, 0.25) is 11.8 Å². The Balaban J connectivity index is 2.79. The topological polar surface area (TPSA) is 163 Å². The maximum absolute atomic E-state index is 12.9. The third-order valence-electron chi connectivity index (χ3n) is 4.08. The minimum atomic E-state index is -0.975. The second kappa shape index (κ2) is 12.4. The monoisotopic (exact) mass is 436 g/mol. The molecule has 0 aliphatic heterocycles. The van der Waals surface area contributed by atoms with Crippen LogP contribution in [0.4, 0.5) is 9.59 Å². The molecule has 31 heavy (non-hydrogen) atoms. The van der Waals surface area contributed by atoms with E-state index in [1.165, 1.54) is 0 Å². The van der Waals surface area contributed by atoms with Crippen LogP contribution in [0.3, 0.4) is 0 Å². The summed E-state index contributed by atoms with van der Waals surface area (Å²) in [5.74, 6) is -1.27. The second-order valence-electron chi connectivity index (χ2n) is 8.02. The van der Waals surface area contributed by atoms with E-state index in [4.69, 9.17) is 16.2 Å². The number of primary amides is 2. The number of nitrogens with two attached hydrogens (primary N) is 2. The third kappa shape index (κ3) is 11.5. The molecule has 4 amide bonds. The molecule has 0 saturated carbocycles. The Labute approximate surface area is 182 Å². The molecule has 2 atom stereocenters. The van der Waals surface area contributed by atoms with Crippen LogP contribution >= 0.6 is 0 Å². The standard InChI is InChI=1S/C21H32N4O6/c1-21(2,3)31-20(29)25-16(13-14-9-5-4-6-10-14)18(27)24-15(17(22)26)11-7-8-12-30-19(23)28/h4-6,9-10,15-16H,7-8,11-13H2,1-3H3,(H2,22,26)(H2,23,28)(H,24,27)(H,25,29)/t15-,16-/m0/s1. The van der Waals surface area contributed by atoms with E-state index in [2.05, 4.69) is 15.4 Å². The molecule has 1 aromatic rings. The quantitative estimate of drug-likeness (QED) is 0.383. The average molecular weight is 437 g/mol. The molecule has 0 aromatic heterocycles. The van der Waals surface area contributed by atoms with E-state index in [9.17, 15) is 19.2 Å². The molecule has 0 fully saturated rings. The van der Waals surface area contributed by atoms with Crippen molar-refractivity contribution in [3.63, 3.8) is 0 Å². The first-order chi connectivity index (χ1) is 14.5. The molecule has 1 aromatic carbocycles. The summed E-state index contributed by atoms with van der Waals surface area (Å²) in [6.45, 7) is 5.24. The number of rotatable bonds is 11. The summed E-state index contributed by atoms with van der Waals surface area (Å²) in [4.78, 5) is 47.5. The number of hydrogen-bond donors (Lipinski definition) is 4. The maximum Gasteiger partial charge on any atom is 0.408 e. The van der Waals surface area contributed by atoms with Gasteiger partial charge >= 0.3 is 12.2 Å². The molecule has 0 aliphatic carbocycles. The van der Waals surface area contributed by atoms with E-state index in [1.807, 2.05) is 30.3 Å². The average Bonchev–Trinajstić information content (AvgIpc) is 2.65. The SMILES string of the molecule is CC(C)(C)OC(=O)N[C@@H](Cc1ccccc1)C(=O)N[C@@H](CCCCOC(N)=O)C(N)=O. The molecule has 6 N–H and O–H groups in total. The van der Waals surface area contributed by atoms with Crippen LogP contribution in [0.15, 0.2) is 30.3 Å². The zero-order valence-corrected chi connectivity index (χ0v) is 18.2. The number of alkyl carbamates (subject to hydrolysis) is 1. The van der Waals surface area contributed by atoms with Crippen molar-refractivity contribution in [1.82, 2.24) is 10.6 Å². The molecule has 0 saturated heterocycles. The lowest BCUT2D eigenvalue weighted by Crippen LogP contribution is -2.54. The van der Waals surface area contributed by atoms with Crippen molar-refractivity contribution < 1.29 is 28.7 Å². The molecule has 0 heterocycles. The van der Waals surface area contributed by atoms with Crippen LogP contribution in [-0.4, -0.2) is 48.3 Å². The van der Waals surface area contributed by atoms with Gasteiger partial charge < -0.3 is 31.6 Å². The van der Waals surface area contributed by atoms with Gasteiger partial charge in [0.05, 0.1) is 6.61 Å². The minimum Gasteiger partial charge on any atom is -0.450 e. The van der Waals surface area contributed by atoms with E-state index < -0.39 is 41.7 Å². The minimum absolute atomic E-state index is 0.103. The largest absolute Gasteiger partial charge is 0.450 e. The van der Waals surface area contributed by atoms with Crippen LogP contribution in [-0.2, 0) is 25.5 Å². The van der Waals surface area contributed by atoms with E-state index in [1.54, 1.807) is 20.8 Å². The Morgan fingerprint density at radius 2 is 1.61 bits per heavy atom. The zero-order chi connectivity index (χ0) is 23.4. The third-order valence-corrected chi connectivity index (χ3v) is 4.08. The number of carbonyl (C=O) groups excluding carboxylic acids is 4. The van der Waals surface area contributed by atoms with Gasteiger partial charge in [0, 0.05) is 6.42 Å². The van der Waals surface area contributed by atoms with Crippen LogP contribution in [0, 0.1) is 0 Å². The van der Waals surface area contributed by atoms with Gasteiger partial charge in [-0.3, -0.25) is 9.59 Å². The summed E-state index contributed by atoms with van der Waals surface area (Å²) < 4.78 is 9.87. The predicted octanol–water partition coefficient (Wildman–Crippen LogP) is 1.36. The number of unbranched alkanes of at least 4 members (excludes halogenated alkanes) is 1. The normalized spacial score (nSPS) is 12.9. The number of carbonyl (C=O) groups is 4. The van der Waals surface area contributed by atoms with Crippen LogP contribution in [0.25, 0.3) is 0 Å². The highest BCUT2D eigenvalue weighted by Crippen LogP contribution is 2.09. The molecule has 0 aliphatic rings. The summed E-state index contributed by atoms with van der Waals surface area (Å²) in [5.41, 5.74) is 10.4. The highest BCUT2D eigenvalue weighted by atomic mass is 16.6. The van der Waals surface area contributed by atoms with E-state index in [0.29, 0.717) is 12.8 Å². The van der Waals surface area contributed by atoms with Crippen LogP contribution in [0.5, 0.6) is 0 Å². The van der Waals surface area contributed by atoms with Gasteiger partial charge in [0.25, 0.3) is 0 Å². The van der Waals surface area contributed by atoms with Crippen molar-refractivity contribution in [1.29, 1.82) is 0 Å². The fraction of sp³-hybridized carbons (Fsp3) is 0.524. The van der Waals surface area contributed by atoms with Gasteiger partial charge in [-0.2, -0.15) is 0 Å². The molecular formula is C21H32N4O6. The Morgan fingerprint density at radius 1 is 0.968 bits per heavy atom. The molecular weight excluding hydrogens is 404 g/mol. The number of amides is 4. The van der Waals surface area contributed by atoms with Crippen LogP contribution < -0.4 is 22.1 Å². The summed E-state index contributed by atoms with van der Waals surface area (Å²) >= 11 is 0. The maximum atomic E-state index is 12.9. The van der Waals surface area contributed by atoms with Gasteiger partial charge in [-0.25, -0.2) is 9.59 Å². The van der Waals surface area contributed by atoms with E-state index in [0.717, 1.165) is 5.56 Å². The zero-order valence-electron chi connectivity index (χ0n) is 18.2. The van der Waals surface area contributed by atoms with Gasteiger partial charge in [0.15, 0.2) is 0 Å². The van der Waals surface area contributed by atoms with Crippen molar-refractivity contribution in [2.45, 2.75) is 64.1 Å². The van der Waals surface area contributed by atoms with Crippen molar-refractivity contribution in [2.24, 2.45) is 11.5 Å². The molecule has 0 bridgehead atoms. The second-order valence-corrected chi connectivity index (χ2v) is 8.02. The number of hydrogen-bond acceptors (Lipinski definition) is 6. The molecule has 172 valence electrons. The smallest absolute Gasteiger partial charge is 0.408 e. The highest BCUT2D eigenvalue weighted by molar-refractivity contribution is 5.90. The summed E-state index contributed by atoms with van der Waals surface area (Å²) in [6.07, 6.45) is -0.271. The highest BCUT2D eigenvalue weighted by Gasteiger charge is 2.27. The lowest BCUT2D eigenvalue weighted by Gasteiger charge is -2.25. The Bertz CT molecular complexity index is 748. The molecule has 1 rings (SSSR count). The van der Waals surface area contributed by atoms with E-state index >= 15 is 0 Å². The van der Waals surface area contributed by atoms with Crippen molar-refractivity contribution >= 4 is 24.0 Å². The lowest BCUT2D eigenvalue weighted by molar-refractivity contribution is -0.128. The Kier molecular flexibility index (Phi) is 10.3. The molecule has 10 nitrogen and oxygen atoms in total. The molecule has 10 heteroatoms. The first-order valence-corrected chi connectivity index (χ1v) is 10.0. The fourth-order valence-corrected chi connectivity index (χ4v) is 2.69. The van der Waals surface area contributed by atoms with Crippen LogP contribution in [0.1, 0.15) is 45.6 Å². The predicted molar refractivity (Wildman–Crippen MR) is 114 cm³/mol.